The molecule has 1 aromatic carbocycles. The quantitative estimate of drug-likeness (QED) is 0.624. The van der Waals surface area contributed by atoms with Crippen LogP contribution in [0.2, 0.25) is 0 Å². The SMILES string of the molecule is NC(=O)N1CCOC(COc2nc(-c3ccc(N4CCOCC4)cc3)cc3nccnc23)C1. The summed E-state index contributed by atoms with van der Waals surface area (Å²) in [5, 5.41) is 0. The van der Waals surface area contributed by atoms with E-state index in [1.54, 1.807) is 17.3 Å². The van der Waals surface area contributed by atoms with Gasteiger partial charge in [-0.2, -0.15) is 0 Å². The minimum atomic E-state index is -0.458. The molecular formula is C23H26N6O4. The summed E-state index contributed by atoms with van der Waals surface area (Å²) in [6.45, 7) is 4.76. The van der Waals surface area contributed by atoms with Crippen molar-refractivity contribution in [2.24, 2.45) is 5.73 Å². The van der Waals surface area contributed by atoms with E-state index in [0.717, 1.165) is 43.2 Å². The molecule has 2 aromatic heterocycles. The van der Waals surface area contributed by atoms with E-state index in [9.17, 15) is 4.79 Å². The molecule has 33 heavy (non-hydrogen) atoms. The Bertz CT molecular complexity index is 1120. The molecule has 1 unspecified atom stereocenters. The molecule has 1 atom stereocenters. The van der Waals surface area contributed by atoms with E-state index >= 15 is 0 Å². The summed E-state index contributed by atoms with van der Waals surface area (Å²) in [6.07, 6.45) is 2.96. The number of rotatable bonds is 5. The summed E-state index contributed by atoms with van der Waals surface area (Å²) >= 11 is 0. The number of primary amides is 1. The van der Waals surface area contributed by atoms with Gasteiger partial charge in [0, 0.05) is 43.3 Å². The van der Waals surface area contributed by atoms with Gasteiger partial charge in [-0.3, -0.25) is 4.98 Å². The third-order valence-corrected chi connectivity index (χ3v) is 5.82. The molecule has 3 aromatic rings. The molecule has 0 bridgehead atoms. The minimum Gasteiger partial charge on any atom is -0.473 e. The van der Waals surface area contributed by atoms with Gasteiger partial charge in [0.2, 0.25) is 5.88 Å². The first-order chi connectivity index (χ1) is 16.2. The number of fused-ring (bicyclic) bond motifs is 1. The van der Waals surface area contributed by atoms with E-state index in [4.69, 9.17) is 24.9 Å². The molecule has 10 heteroatoms. The number of hydrogen-bond acceptors (Lipinski definition) is 8. The zero-order valence-corrected chi connectivity index (χ0v) is 18.2. The molecule has 2 fully saturated rings. The van der Waals surface area contributed by atoms with E-state index in [0.29, 0.717) is 36.6 Å². The van der Waals surface area contributed by atoms with Crippen LogP contribution in [0.4, 0.5) is 10.5 Å². The summed E-state index contributed by atoms with van der Waals surface area (Å²) < 4.78 is 17.2. The van der Waals surface area contributed by atoms with Crippen molar-refractivity contribution in [1.82, 2.24) is 19.9 Å². The second-order valence-electron chi connectivity index (χ2n) is 7.97. The zero-order valence-electron chi connectivity index (χ0n) is 18.2. The zero-order chi connectivity index (χ0) is 22.6. The normalized spacial score (nSPS) is 19.0. The predicted molar refractivity (Wildman–Crippen MR) is 122 cm³/mol. The fourth-order valence-corrected chi connectivity index (χ4v) is 4.05. The first-order valence-corrected chi connectivity index (χ1v) is 11.0. The van der Waals surface area contributed by atoms with Gasteiger partial charge in [-0.15, -0.1) is 0 Å². The standard InChI is InChI=1S/C23H26N6O4/c24-23(30)29-9-12-32-18(14-29)15-33-22-21-20(25-5-6-26-21)13-19(27-22)16-1-3-17(4-2-16)28-7-10-31-11-8-28/h1-6,13,18H,7-12,14-15H2,(H2,24,30). The van der Waals surface area contributed by atoms with Gasteiger partial charge in [-0.05, 0) is 18.2 Å². The molecule has 0 spiro atoms. The maximum Gasteiger partial charge on any atom is 0.314 e. The van der Waals surface area contributed by atoms with Gasteiger partial charge in [-0.1, -0.05) is 12.1 Å². The fraction of sp³-hybridized carbons (Fsp3) is 0.391. The summed E-state index contributed by atoms with van der Waals surface area (Å²) in [5.41, 5.74) is 9.54. The maximum atomic E-state index is 11.5. The van der Waals surface area contributed by atoms with Gasteiger partial charge in [-0.25, -0.2) is 14.8 Å². The molecule has 172 valence electrons. The molecule has 2 N–H and O–H groups in total. The number of nitrogens with zero attached hydrogens (tertiary/aromatic N) is 5. The largest absolute Gasteiger partial charge is 0.473 e. The molecule has 2 saturated heterocycles. The number of aromatic nitrogens is 3. The minimum absolute atomic E-state index is 0.224. The smallest absolute Gasteiger partial charge is 0.314 e. The Morgan fingerprint density at radius 1 is 1.09 bits per heavy atom. The van der Waals surface area contributed by atoms with Crippen LogP contribution in [-0.2, 0) is 9.47 Å². The fourth-order valence-electron chi connectivity index (χ4n) is 4.05. The molecule has 2 aliphatic rings. The van der Waals surface area contributed by atoms with Crippen molar-refractivity contribution >= 4 is 22.8 Å². The molecule has 10 nitrogen and oxygen atoms in total. The van der Waals surface area contributed by atoms with Crippen LogP contribution in [0.5, 0.6) is 5.88 Å². The average molecular weight is 450 g/mol. The lowest BCUT2D eigenvalue weighted by molar-refractivity contribution is -0.0346. The summed E-state index contributed by atoms with van der Waals surface area (Å²) in [7, 11) is 0. The number of hydrogen-bond donors (Lipinski definition) is 1. The van der Waals surface area contributed by atoms with E-state index in [1.165, 1.54) is 0 Å². The summed E-state index contributed by atoms with van der Waals surface area (Å²) in [4.78, 5) is 28.9. The van der Waals surface area contributed by atoms with Crippen LogP contribution >= 0.6 is 0 Å². The maximum absolute atomic E-state index is 11.5. The number of morpholine rings is 2. The number of carbonyl (C=O) groups is 1. The number of ether oxygens (including phenoxy) is 3. The molecular weight excluding hydrogens is 424 g/mol. The second-order valence-corrected chi connectivity index (χ2v) is 7.97. The van der Waals surface area contributed by atoms with Crippen LogP contribution < -0.4 is 15.4 Å². The molecule has 0 saturated carbocycles. The van der Waals surface area contributed by atoms with E-state index in [-0.39, 0.29) is 12.7 Å². The second kappa shape index (κ2) is 9.55. The number of urea groups is 1. The predicted octanol–water partition coefficient (Wildman–Crippen LogP) is 1.69. The first kappa shape index (κ1) is 21.4. The lowest BCUT2D eigenvalue weighted by atomic mass is 10.1. The number of pyridine rings is 1. The molecule has 4 heterocycles. The number of nitrogens with two attached hydrogens (primary N) is 1. The van der Waals surface area contributed by atoms with Crippen molar-refractivity contribution in [3.05, 3.63) is 42.7 Å². The van der Waals surface area contributed by atoms with Crippen molar-refractivity contribution in [2.45, 2.75) is 6.10 Å². The van der Waals surface area contributed by atoms with Crippen molar-refractivity contribution in [1.29, 1.82) is 0 Å². The van der Waals surface area contributed by atoms with Crippen molar-refractivity contribution < 1.29 is 19.0 Å². The lowest BCUT2D eigenvalue weighted by Gasteiger charge is -2.31. The highest BCUT2D eigenvalue weighted by molar-refractivity contribution is 5.83. The highest BCUT2D eigenvalue weighted by atomic mass is 16.5. The number of amides is 2. The van der Waals surface area contributed by atoms with Gasteiger partial charge < -0.3 is 29.7 Å². The molecule has 0 radical (unpaired) electrons. The lowest BCUT2D eigenvalue weighted by Crippen LogP contribution is -2.49. The van der Waals surface area contributed by atoms with Crippen molar-refractivity contribution in [3.8, 4) is 17.1 Å². The summed E-state index contributed by atoms with van der Waals surface area (Å²) in [5.74, 6) is 0.382. The molecule has 2 aliphatic heterocycles. The summed E-state index contributed by atoms with van der Waals surface area (Å²) in [6, 6.07) is 9.74. The Kier molecular flexibility index (Phi) is 6.18. The van der Waals surface area contributed by atoms with Crippen molar-refractivity contribution in [2.75, 3.05) is 57.5 Å². The van der Waals surface area contributed by atoms with Gasteiger partial charge >= 0.3 is 6.03 Å². The highest BCUT2D eigenvalue weighted by Gasteiger charge is 2.24. The topological polar surface area (TPSA) is 116 Å². The number of anilines is 1. The van der Waals surface area contributed by atoms with Gasteiger partial charge in [0.15, 0.2) is 5.52 Å². The van der Waals surface area contributed by atoms with Crippen LogP contribution in [0.25, 0.3) is 22.3 Å². The van der Waals surface area contributed by atoms with Crippen LogP contribution in [-0.4, -0.2) is 84.6 Å². The molecule has 0 aliphatic carbocycles. The number of carbonyl (C=O) groups excluding carboxylic acids is 1. The highest BCUT2D eigenvalue weighted by Crippen LogP contribution is 2.28. The Balaban J connectivity index is 1.37. The Morgan fingerprint density at radius 3 is 2.67 bits per heavy atom. The monoisotopic (exact) mass is 450 g/mol. The van der Waals surface area contributed by atoms with Gasteiger partial charge in [0.05, 0.1) is 37.6 Å². The Labute approximate surface area is 191 Å². The van der Waals surface area contributed by atoms with Gasteiger partial charge in [0.1, 0.15) is 12.7 Å². The molecule has 5 rings (SSSR count). The third kappa shape index (κ3) is 4.81. The van der Waals surface area contributed by atoms with Crippen LogP contribution in [0.3, 0.4) is 0 Å². The van der Waals surface area contributed by atoms with Crippen LogP contribution in [0, 0.1) is 0 Å². The Morgan fingerprint density at radius 2 is 1.88 bits per heavy atom. The van der Waals surface area contributed by atoms with Crippen molar-refractivity contribution in [3.63, 3.8) is 0 Å². The average Bonchev–Trinajstić information content (AvgIpc) is 2.88. The van der Waals surface area contributed by atoms with E-state index in [1.807, 2.05) is 18.2 Å². The number of benzene rings is 1. The van der Waals surface area contributed by atoms with E-state index < -0.39 is 6.03 Å². The first-order valence-electron chi connectivity index (χ1n) is 11.0. The van der Waals surface area contributed by atoms with E-state index in [2.05, 4.69) is 27.0 Å². The van der Waals surface area contributed by atoms with Gasteiger partial charge in [0.25, 0.3) is 0 Å². The molecule has 2 amide bonds. The van der Waals surface area contributed by atoms with Crippen LogP contribution in [0.1, 0.15) is 0 Å². The Hall–Kier alpha value is -3.50. The van der Waals surface area contributed by atoms with Crippen LogP contribution in [0.15, 0.2) is 42.7 Å². The third-order valence-electron chi connectivity index (χ3n) is 5.82.